The Morgan fingerprint density at radius 3 is 2.50 bits per heavy atom. The van der Waals surface area contributed by atoms with Gasteiger partial charge in [0, 0.05) is 11.7 Å². The first-order chi connectivity index (χ1) is 7.41. The third-order valence-corrected chi connectivity index (χ3v) is 2.60. The van der Waals surface area contributed by atoms with Crippen LogP contribution >= 0.6 is 0 Å². The van der Waals surface area contributed by atoms with E-state index in [1.165, 1.54) is 12.1 Å². The van der Waals surface area contributed by atoms with Gasteiger partial charge in [0.25, 0.3) is 5.91 Å². The van der Waals surface area contributed by atoms with Crippen molar-refractivity contribution in [1.29, 1.82) is 0 Å². The summed E-state index contributed by atoms with van der Waals surface area (Å²) < 4.78 is 13.4. The van der Waals surface area contributed by atoms with Crippen LogP contribution in [0.1, 0.15) is 31.1 Å². The average molecular weight is 224 g/mol. The minimum absolute atomic E-state index is 0.00412. The Labute approximate surface area is 94.8 Å². The molecule has 3 nitrogen and oxygen atoms in total. The van der Waals surface area contributed by atoms with Crippen LogP contribution in [0.2, 0.25) is 0 Å². The van der Waals surface area contributed by atoms with Crippen molar-refractivity contribution in [3.8, 4) is 0 Å². The first kappa shape index (κ1) is 12.5. The molecule has 0 aliphatic rings. The third-order valence-electron chi connectivity index (χ3n) is 2.60. The average Bonchev–Trinajstić information content (AvgIpc) is 2.16. The third kappa shape index (κ3) is 2.95. The van der Waals surface area contributed by atoms with Crippen molar-refractivity contribution < 1.29 is 9.18 Å². The Morgan fingerprint density at radius 1 is 1.38 bits per heavy atom. The van der Waals surface area contributed by atoms with E-state index in [-0.39, 0.29) is 11.6 Å². The fourth-order valence-electron chi connectivity index (χ4n) is 1.17. The molecule has 16 heavy (non-hydrogen) atoms. The standard InChI is InChI=1S/C12H17FN2O/c1-7(2)8(3)15-12(16)10-5-4-9(14)6-11(10)13/h4-8H,14H2,1-3H3,(H,15,16). The van der Waals surface area contributed by atoms with Crippen LogP contribution in [0.5, 0.6) is 0 Å². The molecule has 4 heteroatoms. The number of nitrogens with two attached hydrogens (primary N) is 1. The highest BCUT2D eigenvalue weighted by molar-refractivity contribution is 5.94. The van der Waals surface area contributed by atoms with E-state index in [2.05, 4.69) is 5.32 Å². The van der Waals surface area contributed by atoms with Gasteiger partial charge in [0.1, 0.15) is 5.82 Å². The van der Waals surface area contributed by atoms with Crippen LogP contribution in [0, 0.1) is 11.7 Å². The van der Waals surface area contributed by atoms with Gasteiger partial charge in [-0.3, -0.25) is 4.79 Å². The van der Waals surface area contributed by atoms with E-state index in [1.54, 1.807) is 0 Å². The molecule has 1 aromatic rings. The van der Waals surface area contributed by atoms with Gasteiger partial charge in [-0.05, 0) is 31.0 Å². The van der Waals surface area contributed by atoms with Crippen LogP contribution in [0.4, 0.5) is 10.1 Å². The number of carbonyl (C=O) groups is 1. The van der Waals surface area contributed by atoms with Crippen LogP contribution in [0.3, 0.4) is 0 Å². The van der Waals surface area contributed by atoms with E-state index in [4.69, 9.17) is 5.73 Å². The van der Waals surface area contributed by atoms with Gasteiger partial charge in [-0.1, -0.05) is 13.8 Å². The normalized spacial score (nSPS) is 12.6. The second-order valence-electron chi connectivity index (χ2n) is 4.25. The van der Waals surface area contributed by atoms with Gasteiger partial charge in [0.15, 0.2) is 0 Å². The van der Waals surface area contributed by atoms with E-state index in [1.807, 2.05) is 20.8 Å². The first-order valence-electron chi connectivity index (χ1n) is 5.27. The highest BCUT2D eigenvalue weighted by Gasteiger charge is 2.15. The lowest BCUT2D eigenvalue weighted by Crippen LogP contribution is -2.36. The lowest BCUT2D eigenvalue weighted by Gasteiger charge is -2.17. The molecular weight excluding hydrogens is 207 g/mol. The van der Waals surface area contributed by atoms with Crippen LogP contribution in [-0.2, 0) is 0 Å². The number of rotatable bonds is 3. The number of nitrogens with one attached hydrogen (secondary N) is 1. The lowest BCUT2D eigenvalue weighted by molar-refractivity contribution is 0.0926. The minimum Gasteiger partial charge on any atom is -0.399 e. The predicted molar refractivity (Wildman–Crippen MR) is 62.6 cm³/mol. The number of carbonyl (C=O) groups excluding carboxylic acids is 1. The second-order valence-corrected chi connectivity index (χ2v) is 4.25. The van der Waals surface area contributed by atoms with E-state index in [0.717, 1.165) is 6.07 Å². The SMILES string of the molecule is CC(C)C(C)NC(=O)c1ccc(N)cc1F. The summed E-state index contributed by atoms with van der Waals surface area (Å²) >= 11 is 0. The molecule has 0 bridgehead atoms. The summed E-state index contributed by atoms with van der Waals surface area (Å²) in [5.74, 6) is -0.687. The fourth-order valence-corrected chi connectivity index (χ4v) is 1.17. The molecule has 1 atom stereocenters. The molecule has 1 rings (SSSR count). The van der Waals surface area contributed by atoms with Gasteiger partial charge in [-0.2, -0.15) is 0 Å². The molecule has 0 saturated carbocycles. The number of halogens is 1. The van der Waals surface area contributed by atoms with Crippen molar-refractivity contribution in [2.24, 2.45) is 5.92 Å². The zero-order chi connectivity index (χ0) is 12.3. The van der Waals surface area contributed by atoms with E-state index >= 15 is 0 Å². The summed E-state index contributed by atoms with van der Waals surface area (Å²) in [5.41, 5.74) is 5.75. The molecule has 0 aliphatic heterocycles. The molecule has 1 aromatic carbocycles. The van der Waals surface area contributed by atoms with Gasteiger partial charge < -0.3 is 11.1 Å². The second kappa shape index (κ2) is 4.96. The smallest absolute Gasteiger partial charge is 0.254 e. The molecule has 88 valence electrons. The van der Waals surface area contributed by atoms with Gasteiger partial charge in [0.05, 0.1) is 5.56 Å². The van der Waals surface area contributed by atoms with Crippen molar-refractivity contribution in [3.63, 3.8) is 0 Å². The molecule has 0 heterocycles. The predicted octanol–water partition coefficient (Wildman–Crippen LogP) is 2.18. The molecule has 0 aliphatic carbocycles. The first-order valence-corrected chi connectivity index (χ1v) is 5.27. The van der Waals surface area contributed by atoms with Crippen LogP contribution in [0.25, 0.3) is 0 Å². The molecule has 0 radical (unpaired) electrons. The fraction of sp³-hybridized carbons (Fsp3) is 0.417. The van der Waals surface area contributed by atoms with Gasteiger partial charge >= 0.3 is 0 Å². The molecule has 0 aromatic heterocycles. The number of benzene rings is 1. The summed E-state index contributed by atoms with van der Waals surface area (Å²) in [6.07, 6.45) is 0. The maximum atomic E-state index is 13.4. The Morgan fingerprint density at radius 2 is 2.00 bits per heavy atom. The Balaban J connectivity index is 2.81. The maximum absolute atomic E-state index is 13.4. The number of amides is 1. The molecule has 1 amide bonds. The Hall–Kier alpha value is -1.58. The highest BCUT2D eigenvalue weighted by Crippen LogP contribution is 2.12. The number of hydrogen-bond acceptors (Lipinski definition) is 2. The molecule has 0 saturated heterocycles. The quantitative estimate of drug-likeness (QED) is 0.773. The van der Waals surface area contributed by atoms with Gasteiger partial charge in [-0.25, -0.2) is 4.39 Å². The largest absolute Gasteiger partial charge is 0.399 e. The van der Waals surface area contributed by atoms with Crippen LogP contribution < -0.4 is 11.1 Å². The van der Waals surface area contributed by atoms with Gasteiger partial charge in [-0.15, -0.1) is 0 Å². The molecule has 1 unspecified atom stereocenters. The summed E-state index contributed by atoms with van der Waals surface area (Å²) in [4.78, 5) is 11.7. The van der Waals surface area contributed by atoms with E-state index in [0.29, 0.717) is 11.6 Å². The molecule has 0 fully saturated rings. The van der Waals surface area contributed by atoms with Crippen LogP contribution in [0.15, 0.2) is 18.2 Å². The summed E-state index contributed by atoms with van der Waals surface area (Å²) in [6, 6.07) is 4.06. The summed E-state index contributed by atoms with van der Waals surface area (Å²) in [7, 11) is 0. The Bertz CT molecular complexity index is 391. The maximum Gasteiger partial charge on any atom is 0.254 e. The van der Waals surface area contributed by atoms with E-state index < -0.39 is 11.7 Å². The number of nitrogen functional groups attached to an aromatic ring is 1. The number of hydrogen-bond donors (Lipinski definition) is 2. The van der Waals surface area contributed by atoms with Crippen molar-refractivity contribution >= 4 is 11.6 Å². The highest BCUT2D eigenvalue weighted by atomic mass is 19.1. The summed E-state index contributed by atoms with van der Waals surface area (Å²) in [5, 5.41) is 2.74. The zero-order valence-corrected chi connectivity index (χ0v) is 9.75. The Kier molecular flexibility index (Phi) is 3.88. The lowest BCUT2D eigenvalue weighted by atomic mass is 10.1. The minimum atomic E-state index is -0.589. The van der Waals surface area contributed by atoms with Crippen molar-refractivity contribution in [2.45, 2.75) is 26.8 Å². The van der Waals surface area contributed by atoms with E-state index in [9.17, 15) is 9.18 Å². The molecular formula is C12H17FN2O. The van der Waals surface area contributed by atoms with Crippen LogP contribution in [-0.4, -0.2) is 11.9 Å². The monoisotopic (exact) mass is 224 g/mol. The molecule has 0 spiro atoms. The summed E-state index contributed by atoms with van der Waals surface area (Å²) in [6.45, 7) is 5.87. The van der Waals surface area contributed by atoms with Gasteiger partial charge in [0.2, 0.25) is 0 Å². The van der Waals surface area contributed by atoms with Crippen molar-refractivity contribution in [2.75, 3.05) is 5.73 Å². The topological polar surface area (TPSA) is 55.1 Å². The zero-order valence-electron chi connectivity index (χ0n) is 9.75. The van der Waals surface area contributed by atoms with Crippen molar-refractivity contribution in [3.05, 3.63) is 29.6 Å². The number of anilines is 1. The van der Waals surface area contributed by atoms with Crippen molar-refractivity contribution in [1.82, 2.24) is 5.32 Å². The molecule has 3 N–H and O–H groups in total.